The Morgan fingerprint density at radius 1 is 1.08 bits per heavy atom. The summed E-state index contributed by atoms with van der Waals surface area (Å²) in [5, 5.41) is 15.5. The van der Waals surface area contributed by atoms with Gasteiger partial charge in [-0.1, -0.05) is 18.2 Å². The van der Waals surface area contributed by atoms with Crippen molar-refractivity contribution in [3.63, 3.8) is 0 Å². The van der Waals surface area contributed by atoms with Crippen molar-refractivity contribution in [3.8, 4) is 16.9 Å². The van der Waals surface area contributed by atoms with Gasteiger partial charge in [0.1, 0.15) is 0 Å². The minimum absolute atomic E-state index is 0.0791. The zero-order valence-corrected chi connectivity index (χ0v) is 13.6. The first-order valence-electron chi connectivity index (χ1n) is 7.58. The van der Waals surface area contributed by atoms with Gasteiger partial charge in [0, 0.05) is 36.0 Å². The van der Waals surface area contributed by atoms with Crippen molar-refractivity contribution in [3.05, 3.63) is 76.5 Å². The van der Waals surface area contributed by atoms with Crippen LogP contribution in [0.25, 0.3) is 16.9 Å². The Balaban J connectivity index is 2.04. The third-order valence-electron chi connectivity index (χ3n) is 3.65. The van der Waals surface area contributed by atoms with Gasteiger partial charge in [0.15, 0.2) is 0 Å². The fourth-order valence-electron chi connectivity index (χ4n) is 2.56. The van der Waals surface area contributed by atoms with Gasteiger partial charge in [-0.2, -0.15) is 5.10 Å². The number of nitrogens with zero attached hydrogens (tertiary/aromatic N) is 4. The van der Waals surface area contributed by atoms with Gasteiger partial charge >= 0.3 is 0 Å². The number of nitro groups is 1. The third-order valence-corrected chi connectivity index (χ3v) is 3.65. The van der Waals surface area contributed by atoms with Gasteiger partial charge in [0.05, 0.1) is 16.3 Å². The van der Waals surface area contributed by atoms with Crippen LogP contribution in [0.15, 0.2) is 60.8 Å². The van der Waals surface area contributed by atoms with E-state index in [0.717, 1.165) is 29.1 Å². The van der Waals surface area contributed by atoms with Gasteiger partial charge in [-0.15, -0.1) is 0 Å². The predicted molar refractivity (Wildman–Crippen MR) is 93.0 cm³/mol. The van der Waals surface area contributed by atoms with Gasteiger partial charge in [-0.05, 0) is 38.4 Å². The number of hydrogen-bond acceptors (Lipinski definition) is 4. The second-order valence-electron chi connectivity index (χ2n) is 5.82. The van der Waals surface area contributed by atoms with Crippen LogP contribution in [-0.4, -0.2) is 33.7 Å². The number of para-hydroxylation sites is 1. The summed E-state index contributed by atoms with van der Waals surface area (Å²) in [6.45, 7) is 0.735. The largest absolute Gasteiger partial charge is 0.305 e. The van der Waals surface area contributed by atoms with Gasteiger partial charge in [0.25, 0.3) is 5.69 Å². The third kappa shape index (κ3) is 3.33. The summed E-state index contributed by atoms with van der Waals surface area (Å²) in [6, 6.07) is 16.4. The number of nitro benzene ring substituents is 1. The van der Waals surface area contributed by atoms with Crippen molar-refractivity contribution < 1.29 is 4.92 Å². The number of benzene rings is 2. The number of aromatic nitrogens is 2. The Morgan fingerprint density at radius 2 is 1.75 bits per heavy atom. The Labute approximate surface area is 140 Å². The summed E-state index contributed by atoms with van der Waals surface area (Å²) in [5.41, 5.74) is 3.83. The predicted octanol–water partition coefficient (Wildman–Crippen LogP) is 3.51. The molecule has 0 amide bonds. The van der Waals surface area contributed by atoms with E-state index in [1.807, 2.05) is 55.3 Å². The Morgan fingerprint density at radius 3 is 2.33 bits per heavy atom. The highest BCUT2D eigenvalue weighted by Crippen LogP contribution is 2.26. The second kappa shape index (κ2) is 6.64. The molecular formula is C18H18N4O2. The summed E-state index contributed by atoms with van der Waals surface area (Å²) < 4.78 is 1.84. The van der Waals surface area contributed by atoms with Crippen molar-refractivity contribution in [1.29, 1.82) is 0 Å². The molecule has 1 heterocycles. The zero-order valence-electron chi connectivity index (χ0n) is 13.6. The van der Waals surface area contributed by atoms with Crippen molar-refractivity contribution in [2.75, 3.05) is 14.1 Å². The molecule has 0 spiro atoms. The van der Waals surface area contributed by atoms with Crippen molar-refractivity contribution in [2.45, 2.75) is 6.54 Å². The monoisotopic (exact) mass is 322 g/mol. The maximum absolute atomic E-state index is 10.8. The molecule has 0 radical (unpaired) electrons. The summed E-state index contributed by atoms with van der Waals surface area (Å²) in [4.78, 5) is 12.5. The second-order valence-corrected chi connectivity index (χ2v) is 5.82. The van der Waals surface area contributed by atoms with Gasteiger partial charge in [-0.3, -0.25) is 10.1 Å². The molecule has 0 aliphatic carbocycles. The highest BCUT2D eigenvalue weighted by atomic mass is 16.6. The first kappa shape index (κ1) is 15.9. The fourth-order valence-corrected chi connectivity index (χ4v) is 2.56. The molecule has 0 aliphatic rings. The molecule has 0 saturated carbocycles. The van der Waals surface area contributed by atoms with E-state index in [0.29, 0.717) is 0 Å². The van der Waals surface area contributed by atoms with Gasteiger partial charge in [0.2, 0.25) is 0 Å². The number of non-ortho nitro benzene ring substituents is 1. The average Bonchev–Trinajstić information content (AvgIpc) is 2.99. The first-order valence-corrected chi connectivity index (χ1v) is 7.58. The topological polar surface area (TPSA) is 64.2 Å². The highest BCUT2D eigenvalue weighted by molar-refractivity contribution is 5.64. The lowest BCUT2D eigenvalue weighted by atomic mass is 10.1. The molecular weight excluding hydrogens is 304 g/mol. The molecule has 122 valence electrons. The van der Waals surface area contributed by atoms with Crippen molar-refractivity contribution >= 4 is 5.69 Å². The lowest BCUT2D eigenvalue weighted by Gasteiger charge is -2.09. The Hall–Kier alpha value is -2.99. The minimum atomic E-state index is -0.396. The molecule has 3 rings (SSSR count). The van der Waals surface area contributed by atoms with Crippen LogP contribution in [-0.2, 0) is 6.54 Å². The lowest BCUT2D eigenvalue weighted by molar-refractivity contribution is -0.384. The Bertz CT molecular complexity index is 839. The molecule has 0 bridgehead atoms. The molecule has 6 heteroatoms. The van der Waals surface area contributed by atoms with Crippen LogP contribution in [0.4, 0.5) is 5.69 Å². The van der Waals surface area contributed by atoms with Crippen LogP contribution >= 0.6 is 0 Å². The molecule has 0 saturated heterocycles. The van der Waals surface area contributed by atoms with E-state index in [2.05, 4.69) is 4.90 Å². The number of rotatable bonds is 5. The molecule has 0 aliphatic heterocycles. The molecule has 3 aromatic rings. The van der Waals surface area contributed by atoms with Crippen LogP contribution in [0.5, 0.6) is 0 Å². The van der Waals surface area contributed by atoms with E-state index in [1.165, 1.54) is 12.1 Å². The maximum Gasteiger partial charge on any atom is 0.269 e. The van der Waals surface area contributed by atoms with E-state index >= 15 is 0 Å². The highest BCUT2D eigenvalue weighted by Gasteiger charge is 2.14. The number of hydrogen-bond donors (Lipinski definition) is 0. The molecule has 0 atom stereocenters. The first-order chi connectivity index (χ1) is 11.5. The molecule has 0 N–H and O–H groups in total. The molecule has 0 fully saturated rings. The summed E-state index contributed by atoms with van der Waals surface area (Å²) in [5.74, 6) is 0. The summed E-state index contributed by atoms with van der Waals surface area (Å²) in [6.07, 6.45) is 2.01. The standard InChI is InChI=1S/C18H18N4O2/c1-20(2)12-15-13-21(16-6-4-3-5-7-16)19-18(15)14-8-10-17(11-9-14)22(23)24/h3-11,13H,12H2,1-2H3. The summed E-state index contributed by atoms with van der Waals surface area (Å²) in [7, 11) is 4.00. The van der Waals surface area contributed by atoms with Crippen LogP contribution in [0, 0.1) is 10.1 Å². The smallest absolute Gasteiger partial charge is 0.269 e. The molecule has 24 heavy (non-hydrogen) atoms. The fraction of sp³-hybridized carbons (Fsp3) is 0.167. The van der Waals surface area contributed by atoms with Gasteiger partial charge in [-0.25, -0.2) is 4.68 Å². The quantitative estimate of drug-likeness (QED) is 0.532. The van der Waals surface area contributed by atoms with E-state index in [-0.39, 0.29) is 5.69 Å². The SMILES string of the molecule is CN(C)Cc1cn(-c2ccccc2)nc1-c1ccc([N+](=O)[O-])cc1. The van der Waals surface area contributed by atoms with Crippen LogP contribution in [0.1, 0.15) is 5.56 Å². The Kier molecular flexibility index (Phi) is 4.39. The van der Waals surface area contributed by atoms with E-state index in [4.69, 9.17) is 5.10 Å². The normalized spacial score (nSPS) is 11.0. The summed E-state index contributed by atoms with van der Waals surface area (Å²) >= 11 is 0. The van der Waals surface area contributed by atoms with Crippen LogP contribution in [0.2, 0.25) is 0 Å². The maximum atomic E-state index is 10.8. The van der Waals surface area contributed by atoms with E-state index < -0.39 is 4.92 Å². The van der Waals surface area contributed by atoms with Crippen molar-refractivity contribution in [1.82, 2.24) is 14.7 Å². The van der Waals surface area contributed by atoms with E-state index in [9.17, 15) is 10.1 Å². The van der Waals surface area contributed by atoms with E-state index in [1.54, 1.807) is 12.1 Å². The average molecular weight is 322 g/mol. The van der Waals surface area contributed by atoms with Gasteiger partial charge < -0.3 is 4.90 Å². The van der Waals surface area contributed by atoms with Crippen LogP contribution in [0.3, 0.4) is 0 Å². The van der Waals surface area contributed by atoms with Crippen LogP contribution < -0.4 is 0 Å². The van der Waals surface area contributed by atoms with Crippen molar-refractivity contribution in [2.24, 2.45) is 0 Å². The molecule has 2 aromatic carbocycles. The minimum Gasteiger partial charge on any atom is -0.305 e. The zero-order chi connectivity index (χ0) is 17.1. The molecule has 6 nitrogen and oxygen atoms in total. The molecule has 0 unspecified atom stereocenters. The lowest BCUT2D eigenvalue weighted by Crippen LogP contribution is -2.10. The molecule has 1 aromatic heterocycles.